The van der Waals surface area contributed by atoms with Crippen molar-refractivity contribution in [2.24, 2.45) is 0 Å². The number of rotatable bonds is 4. The molecule has 1 aliphatic heterocycles. The third kappa shape index (κ3) is 2.44. The van der Waals surface area contributed by atoms with E-state index in [1.807, 2.05) is 19.1 Å². The van der Waals surface area contributed by atoms with Crippen LogP contribution in [0, 0.1) is 0 Å². The van der Waals surface area contributed by atoms with Crippen molar-refractivity contribution < 1.29 is 4.74 Å². The predicted molar refractivity (Wildman–Crippen MR) is 65.5 cm³/mol. The molecule has 1 aromatic heterocycles. The minimum Gasteiger partial charge on any atom is -0.397 e. The molecule has 0 radical (unpaired) electrons. The molecule has 0 spiro atoms. The van der Waals surface area contributed by atoms with Crippen LogP contribution in [0.2, 0.25) is 0 Å². The molecule has 1 saturated heterocycles. The highest BCUT2D eigenvalue weighted by Crippen LogP contribution is 2.24. The minimum absolute atomic E-state index is 0.469. The van der Waals surface area contributed by atoms with Gasteiger partial charge in [-0.3, -0.25) is 0 Å². The first-order valence-corrected chi connectivity index (χ1v) is 5.87. The Bertz CT molecular complexity index is 326. The van der Waals surface area contributed by atoms with Gasteiger partial charge in [0.15, 0.2) is 0 Å². The SMILES string of the molecule is CCOC[C@@H]1CCCN1c1ccc(N)cn1. The second-order valence-corrected chi connectivity index (χ2v) is 4.10. The van der Waals surface area contributed by atoms with E-state index in [0.29, 0.717) is 11.7 Å². The molecule has 1 fully saturated rings. The van der Waals surface area contributed by atoms with Crippen molar-refractivity contribution >= 4 is 11.5 Å². The summed E-state index contributed by atoms with van der Waals surface area (Å²) >= 11 is 0. The molecular weight excluding hydrogens is 202 g/mol. The number of aromatic nitrogens is 1. The van der Waals surface area contributed by atoms with Gasteiger partial charge in [0.25, 0.3) is 0 Å². The first kappa shape index (κ1) is 11.2. The van der Waals surface area contributed by atoms with Gasteiger partial charge in [-0.15, -0.1) is 0 Å². The summed E-state index contributed by atoms with van der Waals surface area (Å²) in [5.41, 5.74) is 6.35. The Labute approximate surface area is 96.4 Å². The molecule has 2 rings (SSSR count). The van der Waals surface area contributed by atoms with Gasteiger partial charge in [-0.05, 0) is 31.9 Å². The van der Waals surface area contributed by atoms with E-state index >= 15 is 0 Å². The standard InChI is InChI=1S/C12H19N3O/c1-2-16-9-11-4-3-7-15(11)12-6-5-10(13)8-14-12/h5-6,8,11H,2-4,7,9,13H2,1H3/t11-/m0/s1. The number of nitrogen functional groups attached to an aromatic ring is 1. The lowest BCUT2D eigenvalue weighted by Gasteiger charge is -2.25. The van der Waals surface area contributed by atoms with Crippen LogP contribution in [0.4, 0.5) is 11.5 Å². The molecule has 0 aliphatic carbocycles. The molecule has 2 heterocycles. The maximum Gasteiger partial charge on any atom is 0.128 e. The van der Waals surface area contributed by atoms with E-state index in [9.17, 15) is 0 Å². The number of nitrogens with two attached hydrogens (primary N) is 1. The first-order chi connectivity index (χ1) is 7.81. The van der Waals surface area contributed by atoms with Crippen molar-refractivity contribution in [3.63, 3.8) is 0 Å². The van der Waals surface area contributed by atoms with Gasteiger partial charge >= 0.3 is 0 Å². The van der Waals surface area contributed by atoms with Crippen LogP contribution in [0.5, 0.6) is 0 Å². The normalized spacial score (nSPS) is 20.3. The number of pyridine rings is 1. The summed E-state index contributed by atoms with van der Waals surface area (Å²) in [6.45, 7) is 4.66. The zero-order chi connectivity index (χ0) is 11.4. The van der Waals surface area contributed by atoms with E-state index < -0.39 is 0 Å². The number of hydrogen-bond acceptors (Lipinski definition) is 4. The highest BCUT2D eigenvalue weighted by molar-refractivity contribution is 5.47. The van der Waals surface area contributed by atoms with Gasteiger partial charge in [-0.1, -0.05) is 0 Å². The van der Waals surface area contributed by atoms with Crippen LogP contribution in [0.25, 0.3) is 0 Å². The molecule has 16 heavy (non-hydrogen) atoms. The van der Waals surface area contributed by atoms with Gasteiger partial charge in [0, 0.05) is 13.2 Å². The Balaban J connectivity index is 2.04. The second kappa shape index (κ2) is 5.16. The van der Waals surface area contributed by atoms with Crippen molar-refractivity contribution in [1.29, 1.82) is 0 Å². The van der Waals surface area contributed by atoms with Gasteiger partial charge in [0.2, 0.25) is 0 Å². The fraction of sp³-hybridized carbons (Fsp3) is 0.583. The number of hydrogen-bond donors (Lipinski definition) is 1. The van der Waals surface area contributed by atoms with Crippen molar-refractivity contribution in [2.45, 2.75) is 25.8 Å². The maximum atomic E-state index is 5.63. The maximum absolute atomic E-state index is 5.63. The average Bonchev–Trinajstić information content (AvgIpc) is 2.75. The fourth-order valence-electron chi connectivity index (χ4n) is 2.13. The van der Waals surface area contributed by atoms with Gasteiger partial charge < -0.3 is 15.4 Å². The van der Waals surface area contributed by atoms with Crippen molar-refractivity contribution in [1.82, 2.24) is 4.98 Å². The van der Waals surface area contributed by atoms with Crippen LogP contribution in [0.15, 0.2) is 18.3 Å². The lowest BCUT2D eigenvalue weighted by Crippen LogP contribution is -2.33. The van der Waals surface area contributed by atoms with Crippen LogP contribution in [-0.2, 0) is 4.74 Å². The summed E-state index contributed by atoms with van der Waals surface area (Å²) in [6, 6.07) is 4.36. The molecule has 1 aromatic rings. The molecule has 2 N–H and O–H groups in total. The number of anilines is 2. The molecule has 0 aromatic carbocycles. The van der Waals surface area contributed by atoms with E-state index in [1.54, 1.807) is 6.20 Å². The Hall–Kier alpha value is -1.29. The molecule has 0 bridgehead atoms. The van der Waals surface area contributed by atoms with Gasteiger partial charge in [0.05, 0.1) is 24.5 Å². The quantitative estimate of drug-likeness (QED) is 0.840. The van der Waals surface area contributed by atoms with E-state index in [1.165, 1.54) is 12.8 Å². The Morgan fingerprint density at radius 3 is 3.12 bits per heavy atom. The molecule has 4 nitrogen and oxygen atoms in total. The Morgan fingerprint density at radius 2 is 2.44 bits per heavy atom. The van der Waals surface area contributed by atoms with Crippen LogP contribution in [0.3, 0.4) is 0 Å². The van der Waals surface area contributed by atoms with Crippen LogP contribution in [-0.4, -0.2) is 30.8 Å². The summed E-state index contributed by atoms with van der Waals surface area (Å²) in [7, 11) is 0. The topological polar surface area (TPSA) is 51.4 Å². The Kier molecular flexibility index (Phi) is 3.62. The molecule has 88 valence electrons. The molecule has 0 amide bonds. The smallest absolute Gasteiger partial charge is 0.128 e. The lowest BCUT2D eigenvalue weighted by molar-refractivity contribution is 0.134. The summed E-state index contributed by atoms with van der Waals surface area (Å²) in [4.78, 5) is 6.68. The zero-order valence-electron chi connectivity index (χ0n) is 9.72. The monoisotopic (exact) mass is 221 g/mol. The molecule has 0 saturated carbocycles. The molecule has 4 heteroatoms. The summed E-state index contributed by atoms with van der Waals surface area (Å²) < 4.78 is 5.50. The van der Waals surface area contributed by atoms with Crippen LogP contribution < -0.4 is 10.6 Å². The third-order valence-electron chi connectivity index (χ3n) is 2.96. The lowest BCUT2D eigenvalue weighted by atomic mass is 10.2. The van der Waals surface area contributed by atoms with Gasteiger partial charge in [0.1, 0.15) is 5.82 Å². The summed E-state index contributed by atoms with van der Waals surface area (Å²) in [5.74, 6) is 1.01. The van der Waals surface area contributed by atoms with Crippen molar-refractivity contribution in [3.8, 4) is 0 Å². The highest BCUT2D eigenvalue weighted by atomic mass is 16.5. The van der Waals surface area contributed by atoms with E-state index in [2.05, 4.69) is 9.88 Å². The van der Waals surface area contributed by atoms with Crippen LogP contribution in [0.1, 0.15) is 19.8 Å². The number of nitrogens with zero attached hydrogens (tertiary/aromatic N) is 2. The van der Waals surface area contributed by atoms with Crippen molar-refractivity contribution in [2.75, 3.05) is 30.4 Å². The number of ether oxygens (including phenoxy) is 1. The van der Waals surface area contributed by atoms with Gasteiger partial charge in [-0.25, -0.2) is 4.98 Å². The molecule has 1 aliphatic rings. The van der Waals surface area contributed by atoms with Gasteiger partial charge in [-0.2, -0.15) is 0 Å². The molecular formula is C12H19N3O. The average molecular weight is 221 g/mol. The predicted octanol–water partition coefficient (Wildman–Crippen LogP) is 1.67. The first-order valence-electron chi connectivity index (χ1n) is 5.87. The van der Waals surface area contributed by atoms with Crippen molar-refractivity contribution in [3.05, 3.63) is 18.3 Å². The highest BCUT2D eigenvalue weighted by Gasteiger charge is 2.25. The van der Waals surface area contributed by atoms with E-state index in [4.69, 9.17) is 10.5 Å². The van der Waals surface area contributed by atoms with E-state index in [0.717, 1.165) is 25.6 Å². The third-order valence-corrected chi connectivity index (χ3v) is 2.96. The molecule has 0 unspecified atom stereocenters. The van der Waals surface area contributed by atoms with Crippen LogP contribution >= 0.6 is 0 Å². The minimum atomic E-state index is 0.469. The molecule has 1 atom stereocenters. The van der Waals surface area contributed by atoms with E-state index in [-0.39, 0.29) is 0 Å². The largest absolute Gasteiger partial charge is 0.397 e. The fourth-order valence-corrected chi connectivity index (χ4v) is 2.13. The Morgan fingerprint density at radius 1 is 1.56 bits per heavy atom. The summed E-state index contributed by atoms with van der Waals surface area (Å²) in [5, 5.41) is 0. The summed E-state index contributed by atoms with van der Waals surface area (Å²) in [6.07, 6.45) is 4.11. The second-order valence-electron chi connectivity index (χ2n) is 4.10. The zero-order valence-corrected chi connectivity index (χ0v) is 9.72.